The number of aryl methyl sites for hydroxylation is 2. The first-order valence-corrected chi connectivity index (χ1v) is 11.1. The van der Waals surface area contributed by atoms with Gasteiger partial charge in [0.05, 0.1) is 28.8 Å². The number of ether oxygens (including phenoxy) is 1. The Morgan fingerprint density at radius 3 is 2.77 bits per heavy atom. The molecule has 1 unspecified atom stereocenters. The second kappa shape index (κ2) is 12.0. The van der Waals surface area contributed by atoms with Crippen molar-refractivity contribution in [3.05, 3.63) is 53.7 Å². The average molecular weight is 478 g/mol. The molecule has 1 aromatic carbocycles. The van der Waals surface area contributed by atoms with Crippen LogP contribution in [0.2, 0.25) is 0 Å². The van der Waals surface area contributed by atoms with Crippen molar-refractivity contribution >= 4 is 18.7 Å². The summed E-state index contributed by atoms with van der Waals surface area (Å²) in [7, 11) is 5.33. The molecule has 1 atom stereocenters. The third kappa shape index (κ3) is 6.37. The minimum Gasteiger partial charge on any atom is -0.491 e. The van der Waals surface area contributed by atoms with Gasteiger partial charge in [-0.1, -0.05) is 17.3 Å². The zero-order valence-corrected chi connectivity index (χ0v) is 20.7. The highest BCUT2D eigenvalue weighted by atomic mass is 16.5. The van der Waals surface area contributed by atoms with E-state index in [1.165, 1.54) is 0 Å². The van der Waals surface area contributed by atoms with Crippen LogP contribution in [-0.4, -0.2) is 73.6 Å². The molecular formula is C25H31N7O3. The largest absolute Gasteiger partial charge is 0.491 e. The van der Waals surface area contributed by atoms with Crippen LogP contribution in [0.5, 0.6) is 5.75 Å². The van der Waals surface area contributed by atoms with E-state index in [-0.39, 0.29) is 6.61 Å². The van der Waals surface area contributed by atoms with Crippen molar-refractivity contribution in [1.29, 1.82) is 0 Å². The number of aliphatic hydroxyl groups excluding tert-OH is 1. The lowest BCUT2D eigenvalue weighted by atomic mass is 10.1. The Kier molecular flexibility index (Phi) is 8.82. The number of aliphatic hydroxyl groups is 1. The predicted molar refractivity (Wildman–Crippen MR) is 138 cm³/mol. The molecule has 0 aliphatic rings. The van der Waals surface area contributed by atoms with Crippen LogP contribution in [-0.2, 0) is 0 Å². The SMILES string of the molecule is C=N/C=C(\C=N/C)N(C)c1cc(-c2c(C)noc2C)nc(-c2cccc(OCC(O)CNC)c2)n1. The van der Waals surface area contributed by atoms with Gasteiger partial charge in [-0.05, 0) is 39.7 Å². The first kappa shape index (κ1) is 25.7. The van der Waals surface area contributed by atoms with Crippen molar-refractivity contribution in [2.45, 2.75) is 20.0 Å². The van der Waals surface area contributed by atoms with Crippen molar-refractivity contribution in [2.24, 2.45) is 9.98 Å². The highest BCUT2D eigenvalue weighted by Crippen LogP contribution is 2.31. The number of nitrogens with zero attached hydrogens (tertiary/aromatic N) is 6. The highest BCUT2D eigenvalue weighted by Gasteiger charge is 2.19. The van der Waals surface area contributed by atoms with Gasteiger partial charge in [0.1, 0.15) is 30.0 Å². The fourth-order valence-electron chi connectivity index (χ4n) is 3.49. The number of allylic oxidation sites excluding steroid dienone is 1. The van der Waals surface area contributed by atoms with Gasteiger partial charge in [0.25, 0.3) is 0 Å². The average Bonchev–Trinajstić information content (AvgIpc) is 3.20. The van der Waals surface area contributed by atoms with Crippen LogP contribution in [0.25, 0.3) is 22.6 Å². The normalized spacial score (nSPS) is 12.7. The van der Waals surface area contributed by atoms with Crippen LogP contribution in [0.1, 0.15) is 11.5 Å². The standard InChI is InChI=1S/C25H31N7O3/c1-16-24(17(2)35-31-16)22-11-23(32(6)19(12-26-3)13-27-4)30-25(29-22)18-8-7-9-21(10-18)34-15-20(33)14-28-5/h7-13,20,28,33H,3,14-15H2,1-2,4-6H3/b19-12+,27-13-. The molecule has 2 aromatic heterocycles. The van der Waals surface area contributed by atoms with E-state index in [9.17, 15) is 5.11 Å². The van der Waals surface area contributed by atoms with E-state index in [4.69, 9.17) is 19.2 Å². The topological polar surface area (TPSA) is 121 Å². The lowest BCUT2D eigenvalue weighted by Crippen LogP contribution is -2.29. The monoisotopic (exact) mass is 477 g/mol. The third-order valence-corrected chi connectivity index (χ3v) is 5.19. The van der Waals surface area contributed by atoms with Gasteiger partial charge in [0, 0.05) is 38.5 Å². The molecule has 184 valence electrons. The zero-order chi connectivity index (χ0) is 25.4. The summed E-state index contributed by atoms with van der Waals surface area (Å²) in [6.45, 7) is 7.88. The van der Waals surface area contributed by atoms with E-state index in [0.29, 0.717) is 41.1 Å². The van der Waals surface area contributed by atoms with Gasteiger partial charge in [-0.2, -0.15) is 0 Å². The van der Waals surface area contributed by atoms with Crippen molar-refractivity contribution < 1.29 is 14.4 Å². The molecule has 35 heavy (non-hydrogen) atoms. The Labute approximate surface area is 205 Å². The molecule has 0 saturated heterocycles. The molecule has 0 bridgehead atoms. The minimum atomic E-state index is -0.619. The van der Waals surface area contributed by atoms with Gasteiger partial charge < -0.3 is 24.6 Å². The van der Waals surface area contributed by atoms with Gasteiger partial charge in [0.2, 0.25) is 0 Å². The Bertz CT molecular complexity index is 1200. The van der Waals surface area contributed by atoms with E-state index in [1.54, 1.807) is 26.5 Å². The first-order valence-electron chi connectivity index (χ1n) is 11.1. The van der Waals surface area contributed by atoms with Crippen LogP contribution < -0.4 is 15.0 Å². The molecular weight excluding hydrogens is 446 g/mol. The number of hydrogen-bond acceptors (Lipinski definition) is 10. The van der Waals surface area contributed by atoms with E-state index >= 15 is 0 Å². The number of rotatable bonds is 11. The molecule has 0 aliphatic heterocycles. The molecule has 3 rings (SSSR count). The number of aliphatic imine (C=N–C) groups is 2. The van der Waals surface area contributed by atoms with Crippen molar-refractivity contribution in [1.82, 2.24) is 20.4 Å². The number of hydrogen-bond donors (Lipinski definition) is 2. The smallest absolute Gasteiger partial charge is 0.162 e. The van der Waals surface area contributed by atoms with Gasteiger partial charge in [0.15, 0.2) is 5.82 Å². The summed E-state index contributed by atoms with van der Waals surface area (Å²) in [5, 5.41) is 17.0. The predicted octanol–water partition coefficient (Wildman–Crippen LogP) is 3.05. The number of nitrogens with one attached hydrogen (secondary N) is 1. The van der Waals surface area contributed by atoms with Gasteiger partial charge in [-0.25, -0.2) is 9.97 Å². The quantitative estimate of drug-likeness (QED) is 0.404. The van der Waals surface area contributed by atoms with Crippen LogP contribution in [0.4, 0.5) is 5.82 Å². The zero-order valence-electron chi connectivity index (χ0n) is 20.7. The molecule has 10 nitrogen and oxygen atoms in total. The molecule has 0 spiro atoms. The third-order valence-electron chi connectivity index (χ3n) is 5.19. The Morgan fingerprint density at radius 2 is 2.11 bits per heavy atom. The summed E-state index contributed by atoms with van der Waals surface area (Å²) in [6.07, 6.45) is 2.67. The second-order valence-corrected chi connectivity index (χ2v) is 7.87. The molecule has 0 aliphatic carbocycles. The lowest BCUT2D eigenvalue weighted by molar-refractivity contribution is 0.108. The van der Waals surface area contributed by atoms with Crippen LogP contribution in [0, 0.1) is 13.8 Å². The van der Waals surface area contributed by atoms with Crippen molar-refractivity contribution in [3.8, 4) is 28.4 Å². The maximum Gasteiger partial charge on any atom is 0.162 e. The Balaban J connectivity index is 2.08. The van der Waals surface area contributed by atoms with E-state index in [0.717, 1.165) is 16.8 Å². The Morgan fingerprint density at radius 1 is 1.31 bits per heavy atom. The number of aromatic nitrogens is 3. The molecule has 0 fully saturated rings. The molecule has 2 N–H and O–H groups in total. The van der Waals surface area contributed by atoms with Crippen LogP contribution in [0.3, 0.4) is 0 Å². The molecule has 0 radical (unpaired) electrons. The van der Waals surface area contributed by atoms with E-state index < -0.39 is 6.10 Å². The first-order chi connectivity index (χ1) is 16.9. The molecule has 10 heteroatoms. The van der Waals surface area contributed by atoms with Crippen LogP contribution in [0.15, 0.2) is 56.7 Å². The van der Waals surface area contributed by atoms with E-state index in [1.807, 2.05) is 56.1 Å². The van der Waals surface area contributed by atoms with Crippen molar-refractivity contribution in [2.75, 3.05) is 39.2 Å². The number of anilines is 1. The minimum absolute atomic E-state index is 0.164. The molecule has 0 amide bonds. The summed E-state index contributed by atoms with van der Waals surface area (Å²) in [5.74, 6) is 2.38. The van der Waals surface area contributed by atoms with Crippen LogP contribution >= 0.6 is 0 Å². The maximum atomic E-state index is 9.97. The number of likely N-dealkylation sites (N-methyl/N-ethyl adjacent to an activating group) is 1. The lowest BCUT2D eigenvalue weighted by Gasteiger charge is -2.20. The number of benzene rings is 1. The fourth-order valence-corrected chi connectivity index (χ4v) is 3.49. The molecule has 0 saturated carbocycles. The molecule has 3 aromatic rings. The second-order valence-electron chi connectivity index (χ2n) is 7.87. The fraction of sp³-hybridized carbons (Fsp3) is 0.320. The maximum absolute atomic E-state index is 9.97. The van der Waals surface area contributed by atoms with Gasteiger partial charge in [-0.15, -0.1) is 0 Å². The van der Waals surface area contributed by atoms with Gasteiger partial charge in [-0.3, -0.25) is 9.98 Å². The summed E-state index contributed by atoms with van der Waals surface area (Å²) in [5.41, 5.74) is 3.67. The highest BCUT2D eigenvalue weighted by molar-refractivity contribution is 5.84. The summed E-state index contributed by atoms with van der Waals surface area (Å²) >= 11 is 0. The van der Waals surface area contributed by atoms with Gasteiger partial charge >= 0.3 is 0 Å². The van der Waals surface area contributed by atoms with Crippen molar-refractivity contribution in [3.63, 3.8) is 0 Å². The molecule has 2 heterocycles. The summed E-state index contributed by atoms with van der Waals surface area (Å²) in [4.78, 5) is 19.5. The Hall–Kier alpha value is -3.89. The van der Waals surface area contributed by atoms with E-state index in [2.05, 4.69) is 27.2 Å². The summed E-state index contributed by atoms with van der Waals surface area (Å²) in [6, 6.07) is 9.31. The summed E-state index contributed by atoms with van der Waals surface area (Å²) < 4.78 is 11.2.